The molecule has 0 aromatic heterocycles. The van der Waals surface area contributed by atoms with Crippen LogP contribution in [0.15, 0.2) is 24.3 Å². The third kappa shape index (κ3) is 23.1. The molecule has 0 saturated carbocycles. The number of carboxylic acid groups (broad SMARTS) is 1. The van der Waals surface area contributed by atoms with Gasteiger partial charge in [0.15, 0.2) is 0 Å². The lowest BCUT2D eigenvalue weighted by molar-refractivity contribution is -0.138. The van der Waals surface area contributed by atoms with Crippen LogP contribution in [0.5, 0.6) is 0 Å². The number of rotatable bonds is 22. The van der Waals surface area contributed by atoms with Crippen molar-refractivity contribution in [2.24, 2.45) is 0 Å². The summed E-state index contributed by atoms with van der Waals surface area (Å²) in [6, 6.07) is 0. The molecule has 0 atom stereocenters. The van der Waals surface area contributed by atoms with E-state index in [0.29, 0.717) is 0 Å². The van der Waals surface area contributed by atoms with Crippen LogP contribution >= 0.6 is 0 Å². The van der Waals surface area contributed by atoms with Crippen molar-refractivity contribution < 1.29 is 9.90 Å². The summed E-state index contributed by atoms with van der Waals surface area (Å²) in [6.07, 6.45) is 29.2. The molecule has 0 aliphatic carbocycles. The monoisotopic (exact) mass is 407 g/mol. The summed E-state index contributed by atoms with van der Waals surface area (Å²) < 4.78 is 0. The molecule has 3 nitrogen and oxygen atoms in total. The Kier molecular flexibility index (Phi) is 22.3. The highest BCUT2D eigenvalue weighted by molar-refractivity contribution is 5.69. The summed E-state index contributed by atoms with van der Waals surface area (Å²) in [4.78, 5) is 13.3. The lowest BCUT2D eigenvalue weighted by Crippen LogP contribution is -2.31. The van der Waals surface area contributed by atoms with Crippen molar-refractivity contribution in [3.05, 3.63) is 24.3 Å². The van der Waals surface area contributed by atoms with E-state index in [0.717, 1.165) is 25.9 Å². The molecule has 0 bridgehead atoms. The zero-order chi connectivity index (χ0) is 21.4. The van der Waals surface area contributed by atoms with Crippen LogP contribution in [-0.4, -0.2) is 35.6 Å². The Morgan fingerprint density at radius 1 is 0.621 bits per heavy atom. The number of allylic oxidation sites excluding steroid dienone is 4. The quantitative estimate of drug-likeness (QED) is 0.147. The number of aliphatic carboxylic acids is 1. The third-order valence-electron chi connectivity index (χ3n) is 5.52. The largest absolute Gasteiger partial charge is 0.480 e. The standard InChI is InChI=1S/C26H49NO2/c1-3-5-7-9-11-13-15-17-19-21-23-27(25-26(28)29)24-22-20-18-16-14-12-10-8-6-4-2/h3-6H,7-25H2,1-2H3,(H,28,29)/b5-3+,6-4+. The topological polar surface area (TPSA) is 40.5 Å². The molecule has 3 heteroatoms. The van der Waals surface area contributed by atoms with Gasteiger partial charge in [-0.2, -0.15) is 0 Å². The molecule has 170 valence electrons. The second-order valence-electron chi connectivity index (χ2n) is 8.34. The average molecular weight is 408 g/mol. The zero-order valence-electron chi connectivity index (χ0n) is 19.5. The summed E-state index contributed by atoms with van der Waals surface area (Å²) in [5.74, 6) is -0.688. The van der Waals surface area contributed by atoms with Gasteiger partial charge in [0.1, 0.15) is 0 Å². The Labute approximate surface area is 181 Å². The molecular weight excluding hydrogens is 358 g/mol. The fourth-order valence-electron chi connectivity index (χ4n) is 3.76. The van der Waals surface area contributed by atoms with E-state index in [9.17, 15) is 4.79 Å². The lowest BCUT2D eigenvalue weighted by atomic mass is 10.1. The maximum Gasteiger partial charge on any atom is 0.317 e. The van der Waals surface area contributed by atoms with Gasteiger partial charge in [0.25, 0.3) is 0 Å². The highest BCUT2D eigenvalue weighted by Crippen LogP contribution is 2.11. The number of carboxylic acids is 1. The summed E-state index contributed by atoms with van der Waals surface area (Å²) in [5, 5.41) is 9.16. The molecule has 0 fully saturated rings. The van der Waals surface area contributed by atoms with Crippen LogP contribution in [0.3, 0.4) is 0 Å². The van der Waals surface area contributed by atoms with Crippen LogP contribution in [-0.2, 0) is 4.79 Å². The van der Waals surface area contributed by atoms with E-state index in [2.05, 4.69) is 43.1 Å². The second kappa shape index (κ2) is 23.2. The van der Waals surface area contributed by atoms with Crippen LogP contribution in [0.2, 0.25) is 0 Å². The summed E-state index contributed by atoms with van der Waals surface area (Å²) in [7, 11) is 0. The first-order valence-corrected chi connectivity index (χ1v) is 12.4. The highest BCUT2D eigenvalue weighted by Gasteiger charge is 2.08. The predicted molar refractivity (Wildman–Crippen MR) is 128 cm³/mol. The first kappa shape index (κ1) is 27.9. The summed E-state index contributed by atoms with van der Waals surface area (Å²) in [6.45, 7) is 6.26. The molecule has 0 aromatic rings. The Balaban J connectivity index is 3.60. The molecule has 0 aliphatic rings. The van der Waals surface area contributed by atoms with Crippen LogP contribution in [0.1, 0.15) is 117 Å². The Morgan fingerprint density at radius 2 is 0.966 bits per heavy atom. The van der Waals surface area contributed by atoms with Crippen molar-refractivity contribution in [2.75, 3.05) is 19.6 Å². The summed E-state index contributed by atoms with van der Waals surface area (Å²) in [5.41, 5.74) is 0. The van der Waals surface area contributed by atoms with Gasteiger partial charge in [-0.15, -0.1) is 0 Å². The van der Waals surface area contributed by atoms with Crippen LogP contribution in [0.4, 0.5) is 0 Å². The van der Waals surface area contributed by atoms with Gasteiger partial charge in [0, 0.05) is 0 Å². The Bertz CT molecular complexity index is 374. The van der Waals surface area contributed by atoms with Gasteiger partial charge < -0.3 is 5.11 Å². The van der Waals surface area contributed by atoms with Crippen molar-refractivity contribution in [1.82, 2.24) is 4.90 Å². The maximum atomic E-state index is 11.1. The van der Waals surface area contributed by atoms with Crippen molar-refractivity contribution in [2.45, 2.75) is 117 Å². The van der Waals surface area contributed by atoms with Gasteiger partial charge in [-0.3, -0.25) is 9.69 Å². The van der Waals surface area contributed by atoms with E-state index in [1.165, 1.54) is 89.9 Å². The first-order valence-electron chi connectivity index (χ1n) is 12.4. The van der Waals surface area contributed by atoms with Gasteiger partial charge in [-0.05, 0) is 65.5 Å². The molecule has 0 heterocycles. The normalized spacial score (nSPS) is 12.0. The number of hydrogen-bond acceptors (Lipinski definition) is 2. The lowest BCUT2D eigenvalue weighted by Gasteiger charge is -2.20. The molecule has 0 radical (unpaired) electrons. The van der Waals surface area contributed by atoms with E-state index in [4.69, 9.17) is 5.11 Å². The number of nitrogens with zero attached hydrogens (tertiary/aromatic N) is 1. The van der Waals surface area contributed by atoms with E-state index in [-0.39, 0.29) is 6.54 Å². The minimum Gasteiger partial charge on any atom is -0.480 e. The highest BCUT2D eigenvalue weighted by atomic mass is 16.4. The van der Waals surface area contributed by atoms with E-state index in [1.807, 2.05) is 0 Å². The molecule has 0 saturated heterocycles. The molecular formula is C26H49NO2. The molecule has 0 aromatic carbocycles. The SMILES string of the molecule is C/C=C/CCCCCCCCCN(CCCCCCCCC/C=C/C)CC(=O)O. The van der Waals surface area contributed by atoms with Gasteiger partial charge in [-0.1, -0.05) is 88.5 Å². The van der Waals surface area contributed by atoms with Gasteiger partial charge >= 0.3 is 5.97 Å². The minimum absolute atomic E-state index is 0.204. The van der Waals surface area contributed by atoms with Crippen molar-refractivity contribution in [1.29, 1.82) is 0 Å². The number of carbonyl (C=O) groups is 1. The van der Waals surface area contributed by atoms with Crippen LogP contribution in [0.25, 0.3) is 0 Å². The van der Waals surface area contributed by atoms with Crippen molar-refractivity contribution in [3.8, 4) is 0 Å². The second-order valence-corrected chi connectivity index (χ2v) is 8.34. The van der Waals surface area contributed by atoms with E-state index >= 15 is 0 Å². The fourth-order valence-corrected chi connectivity index (χ4v) is 3.76. The van der Waals surface area contributed by atoms with Crippen molar-refractivity contribution in [3.63, 3.8) is 0 Å². The molecule has 0 unspecified atom stereocenters. The van der Waals surface area contributed by atoms with Crippen LogP contribution in [0, 0.1) is 0 Å². The maximum absolute atomic E-state index is 11.1. The average Bonchev–Trinajstić information content (AvgIpc) is 2.70. The molecule has 0 aliphatic heterocycles. The molecule has 0 amide bonds. The van der Waals surface area contributed by atoms with E-state index in [1.54, 1.807) is 0 Å². The Morgan fingerprint density at radius 3 is 1.31 bits per heavy atom. The van der Waals surface area contributed by atoms with Crippen molar-refractivity contribution >= 4 is 5.97 Å². The fraction of sp³-hybridized carbons (Fsp3) is 0.808. The minimum atomic E-state index is -0.688. The van der Waals surface area contributed by atoms with Gasteiger partial charge in [0.05, 0.1) is 6.54 Å². The van der Waals surface area contributed by atoms with Gasteiger partial charge in [-0.25, -0.2) is 0 Å². The molecule has 1 N–H and O–H groups in total. The predicted octanol–water partition coefficient (Wildman–Crippen LogP) is 7.77. The molecule has 0 rings (SSSR count). The van der Waals surface area contributed by atoms with E-state index < -0.39 is 5.97 Å². The number of unbranched alkanes of at least 4 members (excludes halogenated alkanes) is 14. The van der Waals surface area contributed by atoms with Crippen LogP contribution < -0.4 is 0 Å². The first-order chi connectivity index (χ1) is 14.2. The summed E-state index contributed by atoms with van der Waals surface area (Å²) >= 11 is 0. The molecule has 29 heavy (non-hydrogen) atoms. The number of hydrogen-bond donors (Lipinski definition) is 1. The third-order valence-corrected chi connectivity index (χ3v) is 5.52. The van der Waals surface area contributed by atoms with Gasteiger partial charge in [0.2, 0.25) is 0 Å². The Hall–Kier alpha value is -1.09. The molecule has 0 spiro atoms. The smallest absolute Gasteiger partial charge is 0.317 e. The zero-order valence-corrected chi connectivity index (χ0v) is 19.5.